The van der Waals surface area contributed by atoms with Gasteiger partial charge in [-0.1, -0.05) is 20.3 Å². The molecule has 4 nitrogen and oxygen atoms in total. The topological polar surface area (TPSA) is 44.0 Å². The van der Waals surface area contributed by atoms with E-state index in [1.807, 2.05) is 0 Å². The summed E-state index contributed by atoms with van der Waals surface area (Å²) in [5, 5.41) is 3.39. The van der Waals surface area contributed by atoms with Crippen molar-refractivity contribution < 1.29 is 0 Å². The smallest absolute Gasteiger partial charge is 0.110 e. The molecule has 1 aliphatic heterocycles. The predicted octanol–water partition coefficient (Wildman–Crippen LogP) is 1.68. The van der Waals surface area contributed by atoms with Gasteiger partial charge < -0.3 is 15.2 Å². The Bertz CT molecular complexity index is 366. The van der Waals surface area contributed by atoms with Crippen LogP contribution in [0, 0.1) is 6.92 Å². The lowest BCUT2D eigenvalue weighted by molar-refractivity contribution is 0.228. The highest BCUT2D eigenvalue weighted by Gasteiger charge is 2.17. The van der Waals surface area contributed by atoms with Gasteiger partial charge in [0.15, 0.2) is 0 Å². The van der Waals surface area contributed by atoms with Crippen molar-refractivity contribution >= 4 is 0 Å². The van der Waals surface area contributed by atoms with Gasteiger partial charge in [-0.2, -0.15) is 0 Å². The summed E-state index contributed by atoms with van der Waals surface area (Å²) in [7, 11) is 0. The second kappa shape index (κ2) is 6.34. The number of aromatic amines is 1. The van der Waals surface area contributed by atoms with Crippen molar-refractivity contribution in [3.63, 3.8) is 0 Å². The van der Waals surface area contributed by atoms with Crippen LogP contribution in [0.4, 0.5) is 0 Å². The van der Waals surface area contributed by atoms with Gasteiger partial charge in [-0.05, 0) is 13.3 Å². The molecule has 18 heavy (non-hydrogen) atoms. The monoisotopic (exact) mass is 250 g/mol. The van der Waals surface area contributed by atoms with Crippen LogP contribution in [0.3, 0.4) is 0 Å². The van der Waals surface area contributed by atoms with Crippen molar-refractivity contribution in [3.05, 3.63) is 17.2 Å². The van der Waals surface area contributed by atoms with E-state index in [0.29, 0.717) is 5.92 Å². The van der Waals surface area contributed by atoms with Crippen molar-refractivity contribution in [2.24, 2.45) is 0 Å². The summed E-state index contributed by atoms with van der Waals surface area (Å²) >= 11 is 0. The maximum atomic E-state index is 4.77. The lowest BCUT2D eigenvalue weighted by atomic mass is 10.1. The van der Waals surface area contributed by atoms with E-state index >= 15 is 0 Å². The third-order valence-electron chi connectivity index (χ3n) is 3.70. The quantitative estimate of drug-likeness (QED) is 0.835. The van der Waals surface area contributed by atoms with Crippen molar-refractivity contribution in [2.45, 2.75) is 39.5 Å². The summed E-state index contributed by atoms with van der Waals surface area (Å²) < 4.78 is 0. The number of hydrogen-bond acceptors (Lipinski definition) is 3. The van der Waals surface area contributed by atoms with E-state index in [-0.39, 0.29) is 0 Å². The fourth-order valence-electron chi connectivity index (χ4n) is 2.60. The summed E-state index contributed by atoms with van der Waals surface area (Å²) in [6.45, 7) is 12.3. The highest BCUT2D eigenvalue weighted by atomic mass is 15.2. The van der Waals surface area contributed by atoms with Crippen LogP contribution >= 0.6 is 0 Å². The molecule has 0 aliphatic carbocycles. The summed E-state index contributed by atoms with van der Waals surface area (Å²) in [5.41, 5.74) is 2.50. The average Bonchev–Trinajstić information content (AvgIpc) is 2.73. The summed E-state index contributed by atoms with van der Waals surface area (Å²) in [6, 6.07) is 0. The van der Waals surface area contributed by atoms with Crippen molar-refractivity contribution in [3.8, 4) is 0 Å². The Morgan fingerprint density at radius 3 is 2.72 bits per heavy atom. The summed E-state index contributed by atoms with van der Waals surface area (Å²) in [6.07, 6.45) is 2.25. The molecule has 0 radical (unpaired) electrons. The number of H-pyrrole nitrogens is 1. The second-order valence-electron chi connectivity index (χ2n) is 5.40. The molecule has 1 atom stereocenters. The Morgan fingerprint density at radius 1 is 1.33 bits per heavy atom. The van der Waals surface area contributed by atoms with Gasteiger partial charge in [0.05, 0.1) is 5.69 Å². The lowest BCUT2D eigenvalue weighted by Crippen LogP contribution is -2.44. The van der Waals surface area contributed by atoms with Gasteiger partial charge in [0.2, 0.25) is 0 Å². The Kier molecular flexibility index (Phi) is 4.78. The highest BCUT2D eigenvalue weighted by molar-refractivity contribution is 5.15. The molecule has 1 unspecified atom stereocenters. The SMILES string of the molecule is CCCc1nc(C(C)CN2CCNCC2)[nH]c1C. The van der Waals surface area contributed by atoms with Gasteiger partial charge in [-0.3, -0.25) is 0 Å². The molecular weight excluding hydrogens is 224 g/mol. The fraction of sp³-hybridized carbons (Fsp3) is 0.786. The zero-order valence-electron chi connectivity index (χ0n) is 11.9. The molecule has 0 amide bonds. The lowest BCUT2D eigenvalue weighted by Gasteiger charge is -2.29. The third kappa shape index (κ3) is 3.33. The number of aryl methyl sites for hydroxylation is 2. The number of nitrogens with zero attached hydrogens (tertiary/aromatic N) is 2. The number of imidazole rings is 1. The van der Waals surface area contributed by atoms with Crippen LogP contribution < -0.4 is 5.32 Å². The summed E-state index contributed by atoms with van der Waals surface area (Å²) in [4.78, 5) is 10.8. The maximum Gasteiger partial charge on any atom is 0.110 e. The van der Waals surface area contributed by atoms with Crippen LogP contribution in [0.15, 0.2) is 0 Å². The highest BCUT2D eigenvalue weighted by Crippen LogP contribution is 2.17. The molecule has 1 fully saturated rings. The number of aromatic nitrogens is 2. The average molecular weight is 250 g/mol. The minimum absolute atomic E-state index is 0.493. The van der Waals surface area contributed by atoms with Gasteiger partial charge in [-0.15, -0.1) is 0 Å². The molecule has 0 spiro atoms. The van der Waals surface area contributed by atoms with Gasteiger partial charge in [0.1, 0.15) is 5.82 Å². The molecule has 1 aromatic heterocycles. The zero-order valence-corrected chi connectivity index (χ0v) is 11.9. The molecule has 1 aromatic rings. The number of piperazine rings is 1. The van der Waals surface area contributed by atoms with Crippen molar-refractivity contribution in [1.82, 2.24) is 20.2 Å². The zero-order chi connectivity index (χ0) is 13.0. The molecule has 0 saturated carbocycles. The largest absolute Gasteiger partial charge is 0.346 e. The fourth-order valence-corrected chi connectivity index (χ4v) is 2.60. The van der Waals surface area contributed by atoms with Crippen LogP contribution in [0.2, 0.25) is 0 Å². The van der Waals surface area contributed by atoms with Crippen LogP contribution in [-0.4, -0.2) is 47.6 Å². The van der Waals surface area contributed by atoms with Crippen LogP contribution in [-0.2, 0) is 6.42 Å². The molecule has 0 aromatic carbocycles. The normalized spacial score (nSPS) is 19.1. The van der Waals surface area contributed by atoms with Crippen LogP contribution in [0.25, 0.3) is 0 Å². The van der Waals surface area contributed by atoms with E-state index < -0.39 is 0 Å². The molecule has 1 saturated heterocycles. The Morgan fingerprint density at radius 2 is 2.06 bits per heavy atom. The van der Waals surface area contributed by atoms with Gasteiger partial charge in [0, 0.05) is 44.3 Å². The maximum absolute atomic E-state index is 4.77. The molecule has 1 aliphatic rings. The first-order valence-corrected chi connectivity index (χ1v) is 7.19. The summed E-state index contributed by atoms with van der Waals surface area (Å²) in [5.74, 6) is 1.65. The van der Waals surface area contributed by atoms with Gasteiger partial charge in [0.25, 0.3) is 0 Å². The first-order chi connectivity index (χ1) is 8.70. The van der Waals surface area contributed by atoms with E-state index in [2.05, 4.69) is 36.0 Å². The second-order valence-corrected chi connectivity index (χ2v) is 5.40. The molecule has 2 rings (SSSR count). The molecule has 102 valence electrons. The van der Waals surface area contributed by atoms with E-state index in [1.54, 1.807) is 0 Å². The van der Waals surface area contributed by atoms with Gasteiger partial charge >= 0.3 is 0 Å². The first-order valence-electron chi connectivity index (χ1n) is 7.19. The first kappa shape index (κ1) is 13.6. The number of hydrogen-bond donors (Lipinski definition) is 2. The van der Waals surface area contributed by atoms with Gasteiger partial charge in [-0.25, -0.2) is 4.98 Å². The Hall–Kier alpha value is -0.870. The van der Waals surface area contributed by atoms with Crippen molar-refractivity contribution in [2.75, 3.05) is 32.7 Å². The molecule has 0 bridgehead atoms. The van der Waals surface area contributed by atoms with Crippen LogP contribution in [0.1, 0.15) is 43.4 Å². The Labute approximate surface area is 110 Å². The minimum Gasteiger partial charge on any atom is -0.346 e. The van der Waals surface area contributed by atoms with Crippen molar-refractivity contribution in [1.29, 1.82) is 0 Å². The van der Waals surface area contributed by atoms with E-state index in [0.717, 1.165) is 51.4 Å². The van der Waals surface area contributed by atoms with E-state index in [9.17, 15) is 0 Å². The number of rotatable bonds is 5. The third-order valence-corrected chi connectivity index (χ3v) is 3.70. The predicted molar refractivity (Wildman–Crippen MR) is 75.0 cm³/mol. The number of nitrogens with one attached hydrogen (secondary N) is 2. The molecular formula is C14H26N4. The molecule has 2 heterocycles. The Balaban J connectivity index is 1.95. The molecule has 2 N–H and O–H groups in total. The minimum atomic E-state index is 0.493. The standard InChI is InChI=1S/C14H26N4/c1-4-5-13-12(3)16-14(17-13)11(2)10-18-8-6-15-7-9-18/h11,15H,4-10H2,1-3H3,(H,16,17). The van der Waals surface area contributed by atoms with E-state index in [4.69, 9.17) is 4.98 Å². The van der Waals surface area contributed by atoms with Crippen LogP contribution in [0.5, 0.6) is 0 Å². The molecule has 4 heteroatoms. The van der Waals surface area contributed by atoms with E-state index in [1.165, 1.54) is 11.4 Å².